The maximum Gasteiger partial charge on any atom is 0.0234 e. The quantitative estimate of drug-likeness (QED) is 0.835. The van der Waals surface area contributed by atoms with Crippen molar-refractivity contribution in [1.29, 1.82) is 0 Å². The monoisotopic (exact) mass is 276 g/mol. The van der Waals surface area contributed by atoms with Crippen LogP contribution < -0.4 is 5.73 Å². The van der Waals surface area contributed by atoms with E-state index in [1.54, 1.807) is 0 Å². The molecule has 0 atom stereocenters. The van der Waals surface area contributed by atoms with Gasteiger partial charge >= 0.3 is 0 Å². The molecule has 4 heteroatoms. The molecule has 0 unspecified atom stereocenters. The Morgan fingerprint density at radius 1 is 1.05 bits per heavy atom. The summed E-state index contributed by atoms with van der Waals surface area (Å²) in [6.07, 6.45) is 0. The van der Waals surface area contributed by atoms with Gasteiger partial charge in [0.2, 0.25) is 0 Å². The van der Waals surface area contributed by atoms with E-state index in [0.717, 1.165) is 13.1 Å². The first-order valence-electron chi connectivity index (χ1n) is 7.54. The third-order valence-electron chi connectivity index (χ3n) is 3.96. The van der Waals surface area contributed by atoms with Crippen LogP contribution in [0.3, 0.4) is 0 Å². The summed E-state index contributed by atoms with van der Waals surface area (Å²) in [5.41, 5.74) is 8.32. The third kappa shape index (κ3) is 4.87. The molecule has 2 N–H and O–H groups in total. The van der Waals surface area contributed by atoms with Gasteiger partial charge in [0.25, 0.3) is 0 Å². The molecule has 0 amide bonds. The smallest absolute Gasteiger partial charge is 0.0234 e. The van der Waals surface area contributed by atoms with Gasteiger partial charge in [-0.3, -0.25) is 9.80 Å². The lowest BCUT2D eigenvalue weighted by molar-refractivity contribution is 0.120. The van der Waals surface area contributed by atoms with E-state index in [9.17, 15) is 0 Å². The van der Waals surface area contributed by atoms with Gasteiger partial charge in [-0.15, -0.1) is 0 Å². The minimum absolute atomic E-state index is 0.631. The molecule has 1 aromatic carbocycles. The number of hydrogen-bond donors (Lipinski definition) is 1. The van der Waals surface area contributed by atoms with Crippen LogP contribution in [0.1, 0.15) is 11.1 Å². The number of likely N-dealkylation sites (N-methyl/N-ethyl adjacent to an activating group) is 1. The molecule has 112 valence electrons. The van der Waals surface area contributed by atoms with Gasteiger partial charge in [-0.25, -0.2) is 0 Å². The normalized spacial score (nSPS) is 17.8. The van der Waals surface area contributed by atoms with Crippen molar-refractivity contribution in [3.05, 3.63) is 35.4 Å². The number of rotatable bonds is 6. The Morgan fingerprint density at radius 2 is 1.70 bits per heavy atom. The molecule has 0 radical (unpaired) electrons. The summed E-state index contributed by atoms with van der Waals surface area (Å²) < 4.78 is 0. The average molecular weight is 276 g/mol. The number of nitrogens with zero attached hydrogens (tertiary/aromatic N) is 3. The molecule has 1 heterocycles. The average Bonchev–Trinajstić information content (AvgIpc) is 2.47. The van der Waals surface area contributed by atoms with Crippen molar-refractivity contribution in [2.75, 3.05) is 53.4 Å². The zero-order valence-corrected chi connectivity index (χ0v) is 12.9. The molecular weight excluding hydrogens is 248 g/mol. The molecule has 1 aromatic rings. The fourth-order valence-corrected chi connectivity index (χ4v) is 2.63. The number of benzene rings is 1. The van der Waals surface area contributed by atoms with Crippen LogP contribution in [0.15, 0.2) is 24.3 Å². The molecule has 0 aliphatic carbocycles. The fourth-order valence-electron chi connectivity index (χ4n) is 2.63. The van der Waals surface area contributed by atoms with Gasteiger partial charge in [0.1, 0.15) is 0 Å². The summed E-state index contributed by atoms with van der Waals surface area (Å²) in [5.74, 6) is 0. The zero-order valence-electron chi connectivity index (χ0n) is 12.9. The van der Waals surface area contributed by atoms with Crippen molar-refractivity contribution in [3.63, 3.8) is 0 Å². The van der Waals surface area contributed by atoms with Gasteiger partial charge in [0.15, 0.2) is 0 Å². The highest BCUT2D eigenvalue weighted by molar-refractivity contribution is 5.23. The molecule has 0 bridgehead atoms. The van der Waals surface area contributed by atoms with E-state index in [1.165, 1.54) is 43.9 Å². The van der Waals surface area contributed by atoms with E-state index in [1.807, 2.05) is 0 Å². The molecule has 1 saturated heterocycles. The zero-order chi connectivity index (χ0) is 14.4. The standard InChI is InChI=1S/C16H28N4/c1-18(2)6-7-19-8-10-20(11-9-19)14-16-5-3-4-15(12-16)13-17/h3-5,12H,6-11,13-14,17H2,1-2H3. The van der Waals surface area contributed by atoms with Gasteiger partial charge in [-0.1, -0.05) is 24.3 Å². The maximum atomic E-state index is 5.70. The van der Waals surface area contributed by atoms with Crippen LogP contribution in [0.25, 0.3) is 0 Å². The first-order valence-corrected chi connectivity index (χ1v) is 7.54. The van der Waals surface area contributed by atoms with E-state index in [-0.39, 0.29) is 0 Å². The van der Waals surface area contributed by atoms with Crippen LogP contribution in [0.5, 0.6) is 0 Å². The summed E-state index contributed by atoms with van der Waals surface area (Å²) in [6, 6.07) is 8.66. The first kappa shape index (κ1) is 15.4. The lowest BCUT2D eigenvalue weighted by atomic mass is 10.1. The summed E-state index contributed by atoms with van der Waals surface area (Å²) in [5, 5.41) is 0. The number of piperazine rings is 1. The van der Waals surface area contributed by atoms with Crippen LogP contribution in [0, 0.1) is 0 Å². The summed E-state index contributed by atoms with van der Waals surface area (Å²) in [6.45, 7) is 8.72. The summed E-state index contributed by atoms with van der Waals surface area (Å²) >= 11 is 0. The predicted molar refractivity (Wildman–Crippen MR) is 84.6 cm³/mol. The van der Waals surface area contributed by atoms with Crippen LogP contribution in [-0.2, 0) is 13.1 Å². The molecule has 1 aliphatic heterocycles. The second kappa shape index (κ2) is 7.74. The van der Waals surface area contributed by atoms with E-state index < -0.39 is 0 Å². The van der Waals surface area contributed by atoms with Gasteiger partial charge in [0.05, 0.1) is 0 Å². The molecule has 1 aliphatic rings. The fraction of sp³-hybridized carbons (Fsp3) is 0.625. The van der Waals surface area contributed by atoms with Gasteiger partial charge in [0, 0.05) is 52.4 Å². The Kier molecular flexibility index (Phi) is 5.98. The Labute approximate surface area is 123 Å². The van der Waals surface area contributed by atoms with Gasteiger partial charge in [-0.05, 0) is 25.2 Å². The van der Waals surface area contributed by atoms with Crippen LogP contribution in [-0.4, -0.2) is 68.1 Å². The lowest BCUT2D eigenvalue weighted by Gasteiger charge is -2.35. The lowest BCUT2D eigenvalue weighted by Crippen LogP contribution is -2.47. The topological polar surface area (TPSA) is 35.7 Å². The highest BCUT2D eigenvalue weighted by atomic mass is 15.3. The molecule has 4 nitrogen and oxygen atoms in total. The SMILES string of the molecule is CN(C)CCN1CCN(Cc2cccc(CN)c2)CC1. The van der Waals surface area contributed by atoms with E-state index in [2.05, 4.69) is 53.1 Å². The van der Waals surface area contributed by atoms with Crippen LogP contribution in [0.2, 0.25) is 0 Å². The van der Waals surface area contributed by atoms with E-state index in [4.69, 9.17) is 5.73 Å². The van der Waals surface area contributed by atoms with E-state index >= 15 is 0 Å². The maximum absolute atomic E-state index is 5.70. The Hall–Kier alpha value is -0.940. The van der Waals surface area contributed by atoms with Crippen molar-refractivity contribution in [1.82, 2.24) is 14.7 Å². The number of hydrogen-bond acceptors (Lipinski definition) is 4. The van der Waals surface area contributed by atoms with Gasteiger partial charge in [-0.2, -0.15) is 0 Å². The van der Waals surface area contributed by atoms with Crippen molar-refractivity contribution in [3.8, 4) is 0 Å². The Balaban J connectivity index is 1.76. The summed E-state index contributed by atoms with van der Waals surface area (Å²) in [7, 11) is 4.28. The van der Waals surface area contributed by atoms with Crippen molar-refractivity contribution in [2.45, 2.75) is 13.1 Å². The van der Waals surface area contributed by atoms with E-state index in [0.29, 0.717) is 6.54 Å². The highest BCUT2D eigenvalue weighted by Crippen LogP contribution is 2.10. The molecule has 0 spiro atoms. The third-order valence-corrected chi connectivity index (χ3v) is 3.96. The van der Waals surface area contributed by atoms with Crippen molar-refractivity contribution >= 4 is 0 Å². The van der Waals surface area contributed by atoms with Crippen molar-refractivity contribution < 1.29 is 0 Å². The number of nitrogens with two attached hydrogens (primary N) is 1. The molecule has 2 rings (SSSR count). The molecule has 20 heavy (non-hydrogen) atoms. The van der Waals surface area contributed by atoms with Crippen molar-refractivity contribution in [2.24, 2.45) is 5.73 Å². The van der Waals surface area contributed by atoms with Crippen LogP contribution >= 0.6 is 0 Å². The second-order valence-electron chi connectivity index (χ2n) is 5.95. The molecular formula is C16H28N4. The minimum Gasteiger partial charge on any atom is -0.326 e. The van der Waals surface area contributed by atoms with Crippen LogP contribution in [0.4, 0.5) is 0 Å². The highest BCUT2D eigenvalue weighted by Gasteiger charge is 2.16. The second-order valence-corrected chi connectivity index (χ2v) is 5.95. The van der Waals surface area contributed by atoms with Gasteiger partial charge < -0.3 is 10.6 Å². The largest absolute Gasteiger partial charge is 0.326 e. The molecule has 1 fully saturated rings. The minimum atomic E-state index is 0.631. The molecule has 0 saturated carbocycles. The Bertz CT molecular complexity index is 397. The molecule has 0 aromatic heterocycles. The summed E-state index contributed by atoms with van der Waals surface area (Å²) in [4.78, 5) is 7.36. The first-order chi connectivity index (χ1) is 9.67. The Morgan fingerprint density at radius 3 is 2.35 bits per heavy atom. The predicted octanol–water partition coefficient (Wildman–Crippen LogP) is 0.825.